The normalized spacial score (nSPS) is 8.45. The van der Waals surface area contributed by atoms with E-state index in [1.165, 1.54) is 0 Å². The van der Waals surface area contributed by atoms with E-state index in [4.69, 9.17) is 4.74 Å². The fourth-order valence-electron chi connectivity index (χ4n) is 0.748. The largest absolute Gasteiger partial charge is 0.497 e. The van der Waals surface area contributed by atoms with Crippen LogP contribution in [0.4, 0.5) is 5.69 Å². The number of rotatable bonds is 2. The summed E-state index contributed by atoms with van der Waals surface area (Å²) in [4.78, 5) is 3.87. The first-order valence-corrected chi connectivity index (χ1v) is 3.23. The molecule has 0 aromatic heterocycles. The monoisotopic (exact) mass is 147 g/mol. The molecule has 0 amide bonds. The zero-order valence-electron chi connectivity index (χ0n) is 6.37. The molecule has 0 fully saturated rings. The van der Waals surface area contributed by atoms with E-state index in [0.29, 0.717) is 0 Å². The minimum Gasteiger partial charge on any atom is -0.497 e. The number of aliphatic imine (C=N–C) groups is 1. The average molecular weight is 147 g/mol. The van der Waals surface area contributed by atoms with Crippen molar-refractivity contribution in [3.05, 3.63) is 30.8 Å². The fraction of sp³-hybridized carbons (Fsp3) is 0.111. The third kappa shape index (κ3) is 1.95. The van der Waals surface area contributed by atoms with E-state index in [-0.39, 0.29) is 0 Å². The SMILES string of the molecule is C=C=Nc1ccc(OC)cc1. The van der Waals surface area contributed by atoms with Crippen molar-refractivity contribution in [3.8, 4) is 5.75 Å². The van der Waals surface area contributed by atoms with E-state index >= 15 is 0 Å². The van der Waals surface area contributed by atoms with Crippen LogP contribution in [0.15, 0.2) is 35.8 Å². The summed E-state index contributed by atoms with van der Waals surface area (Å²) in [6.45, 7) is 3.38. The van der Waals surface area contributed by atoms with E-state index in [1.807, 2.05) is 24.3 Å². The first-order chi connectivity index (χ1) is 5.36. The molecule has 0 aliphatic carbocycles. The molecular formula is C9H9NO. The quantitative estimate of drug-likeness (QED) is 0.587. The van der Waals surface area contributed by atoms with Crippen molar-refractivity contribution in [2.75, 3.05) is 7.11 Å². The van der Waals surface area contributed by atoms with Crippen LogP contribution >= 0.6 is 0 Å². The molecule has 0 heterocycles. The van der Waals surface area contributed by atoms with Crippen LogP contribution in [-0.4, -0.2) is 13.0 Å². The summed E-state index contributed by atoms with van der Waals surface area (Å²) >= 11 is 0. The Bertz CT molecular complexity index is 270. The fourth-order valence-corrected chi connectivity index (χ4v) is 0.748. The van der Waals surface area contributed by atoms with Crippen LogP contribution in [0, 0.1) is 0 Å². The van der Waals surface area contributed by atoms with E-state index in [1.54, 1.807) is 7.11 Å². The molecule has 2 heteroatoms. The Hall–Kier alpha value is -1.53. The van der Waals surface area contributed by atoms with Gasteiger partial charge >= 0.3 is 0 Å². The molecule has 11 heavy (non-hydrogen) atoms. The molecule has 0 saturated carbocycles. The summed E-state index contributed by atoms with van der Waals surface area (Å²) in [5.41, 5.74) is 0.834. The van der Waals surface area contributed by atoms with Gasteiger partial charge in [0, 0.05) is 0 Å². The maximum atomic E-state index is 4.97. The van der Waals surface area contributed by atoms with Crippen LogP contribution in [0.2, 0.25) is 0 Å². The Balaban J connectivity index is 2.91. The van der Waals surface area contributed by atoms with Gasteiger partial charge in [-0.05, 0) is 36.7 Å². The summed E-state index contributed by atoms with van der Waals surface area (Å²) in [6.07, 6.45) is 0. The average Bonchev–Trinajstić information content (AvgIpc) is 2.07. The molecule has 0 N–H and O–H groups in total. The molecule has 0 unspecified atom stereocenters. The van der Waals surface area contributed by atoms with E-state index in [0.717, 1.165) is 11.4 Å². The molecule has 0 atom stereocenters. The summed E-state index contributed by atoms with van der Waals surface area (Å²) in [5, 5.41) is 0. The van der Waals surface area contributed by atoms with E-state index in [2.05, 4.69) is 17.4 Å². The highest BCUT2D eigenvalue weighted by molar-refractivity contribution is 5.56. The molecular weight excluding hydrogens is 138 g/mol. The lowest BCUT2D eigenvalue weighted by atomic mass is 10.3. The van der Waals surface area contributed by atoms with Crippen LogP contribution < -0.4 is 4.74 Å². The van der Waals surface area contributed by atoms with Gasteiger partial charge in [0.15, 0.2) is 0 Å². The summed E-state index contributed by atoms with van der Waals surface area (Å²) < 4.78 is 4.97. The molecule has 0 aliphatic heterocycles. The number of hydrogen-bond acceptors (Lipinski definition) is 2. The molecule has 0 bridgehead atoms. The maximum Gasteiger partial charge on any atom is 0.119 e. The second-order valence-electron chi connectivity index (χ2n) is 1.97. The van der Waals surface area contributed by atoms with Gasteiger partial charge in [0.1, 0.15) is 5.75 Å². The molecule has 1 aromatic carbocycles. The molecule has 1 rings (SSSR count). The van der Waals surface area contributed by atoms with Crippen molar-refractivity contribution in [2.24, 2.45) is 4.99 Å². The highest BCUT2D eigenvalue weighted by Gasteiger charge is 1.88. The van der Waals surface area contributed by atoms with Gasteiger partial charge < -0.3 is 4.74 Å². The zero-order chi connectivity index (χ0) is 8.10. The van der Waals surface area contributed by atoms with Crippen LogP contribution in [-0.2, 0) is 0 Å². The van der Waals surface area contributed by atoms with E-state index in [9.17, 15) is 0 Å². The highest BCUT2D eigenvalue weighted by Crippen LogP contribution is 2.16. The van der Waals surface area contributed by atoms with Gasteiger partial charge in [-0.1, -0.05) is 0 Å². The first kappa shape index (κ1) is 7.58. The first-order valence-electron chi connectivity index (χ1n) is 3.23. The van der Waals surface area contributed by atoms with Gasteiger partial charge in [0.25, 0.3) is 0 Å². The van der Waals surface area contributed by atoms with Gasteiger partial charge in [-0.25, -0.2) is 4.99 Å². The minimum absolute atomic E-state index is 0.827. The van der Waals surface area contributed by atoms with Gasteiger partial charge in [0.05, 0.1) is 12.8 Å². The number of benzene rings is 1. The number of nitrogens with zero attached hydrogens (tertiary/aromatic N) is 1. The third-order valence-electron chi connectivity index (χ3n) is 1.28. The lowest BCUT2D eigenvalue weighted by molar-refractivity contribution is 0.415. The molecule has 0 saturated heterocycles. The Kier molecular flexibility index (Phi) is 2.47. The molecule has 0 aliphatic rings. The second kappa shape index (κ2) is 3.59. The van der Waals surface area contributed by atoms with Crippen LogP contribution in [0.25, 0.3) is 0 Å². The lowest BCUT2D eigenvalue weighted by Crippen LogP contribution is -1.79. The Morgan fingerprint density at radius 3 is 2.45 bits per heavy atom. The number of ether oxygens (including phenoxy) is 1. The van der Waals surface area contributed by atoms with Crippen molar-refractivity contribution in [1.29, 1.82) is 0 Å². The molecule has 2 nitrogen and oxygen atoms in total. The topological polar surface area (TPSA) is 21.6 Å². The van der Waals surface area contributed by atoms with Gasteiger partial charge in [-0.2, -0.15) is 0 Å². The zero-order valence-corrected chi connectivity index (χ0v) is 6.37. The summed E-state index contributed by atoms with van der Waals surface area (Å²) in [7, 11) is 1.63. The van der Waals surface area contributed by atoms with Gasteiger partial charge in [0.2, 0.25) is 0 Å². The second-order valence-corrected chi connectivity index (χ2v) is 1.97. The molecule has 1 aromatic rings. The predicted molar refractivity (Wildman–Crippen MR) is 45.7 cm³/mol. The number of methoxy groups -OCH3 is 1. The van der Waals surface area contributed by atoms with Crippen molar-refractivity contribution in [3.63, 3.8) is 0 Å². The van der Waals surface area contributed by atoms with Crippen LogP contribution in [0.3, 0.4) is 0 Å². The van der Waals surface area contributed by atoms with Gasteiger partial charge in [-0.3, -0.25) is 0 Å². The van der Waals surface area contributed by atoms with Crippen LogP contribution in [0.5, 0.6) is 5.75 Å². The summed E-state index contributed by atoms with van der Waals surface area (Å²) in [6, 6.07) is 7.38. The Morgan fingerprint density at radius 1 is 1.36 bits per heavy atom. The molecule has 0 spiro atoms. The van der Waals surface area contributed by atoms with E-state index < -0.39 is 0 Å². The van der Waals surface area contributed by atoms with Gasteiger partial charge in [-0.15, -0.1) is 0 Å². The Labute approximate surface area is 65.8 Å². The van der Waals surface area contributed by atoms with Crippen molar-refractivity contribution in [1.82, 2.24) is 0 Å². The van der Waals surface area contributed by atoms with Crippen LogP contribution in [0.1, 0.15) is 0 Å². The predicted octanol–water partition coefficient (Wildman–Crippen LogP) is 2.18. The molecule has 0 radical (unpaired) electrons. The Morgan fingerprint density at radius 2 is 2.00 bits per heavy atom. The summed E-state index contributed by atoms with van der Waals surface area (Å²) in [5.74, 6) is 3.28. The van der Waals surface area contributed by atoms with Crippen molar-refractivity contribution in [2.45, 2.75) is 0 Å². The standard InChI is InChI=1S/C9H9NO/c1-3-10-8-4-6-9(11-2)7-5-8/h4-7H,1H2,2H3. The third-order valence-corrected chi connectivity index (χ3v) is 1.28. The van der Waals surface area contributed by atoms with Crippen molar-refractivity contribution >= 4 is 11.6 Å². The van der Waals surface area contributed by atoms with Crippen molar-refractivity contribution < 1.29 is 4.74 Å². The molecule has 56 valence electrons. The minimum atomic E-state index is 0.827. The maximum absolute atomic E-state index is 4.97. The highest BCUT2D eigenvalue weighted by atomic mass is 16.5. The smallest absolute Gasteiger partial charge is 0.119 e. The number of hydrogen-bond donors (Lipinski definition) is 0. The lowest BCUT2D eigenvalue weighted by Gasteiger charge is -1.97.